The first-order valence-electron chi connectivity index (χ1n) is 6.81. The van der Waals surface area contributed by atoms with Crippen molar-refractivity contribution in [1.82, 2.24) is 0 Å². The van der Waals surface area contributed by atoms with Crippen LogP contribution < -0.4 is 9.47 Å². The largest absolute Gasteiger partial charge is 0.489 e. The van der Waals surface area contributed by atoms with Crippen LogP contribution in [0.2, 0.25) is 18.1 Å². The number of hydrogen-bond donors (Lipinski definition) is 0. The van der Waals surface area contributed by atoms with Gasteiger partial charge < -0.3 is 9.47 Å². The molecule has 0 saturated heterocycles. The summed E-state index contributed by atoms with van der Waals surface area (Å²) >= 11 is 3.47. The Morgan fingerprint density at radius 2 is 1.84 bits per heavy atom. The number of halogens is 1. The highest BCUT2D eigenvalue weighted by Crippen LogP contribution is 2.35. The van der Waals surface area contributed by atoms with Gasteiger partial charge in [-0.3, -0.25) is 0 Å². The summed E-state index contributed by atoms with van der Waals surface area (Å²) in [6, 6.07) is 5.93. The van der Waals surface area contributed by atoms with E-state index >= 15 is 0 Å². The van der Waals surface area contributed by atoms with Crippen molar-refractivity contribution in [1.29, 1.82) is 0 Å². The maximum Gasteiger partial charge on any atom is 0.162 e. The van der Waals surface area contributed by atoms with Crippen LogP contribution in [0.4, 0.5) is 0 Å². The monoisotopic (exact) mass is 344 g/mol. The minimum atomic E-state index is -0.750. The molecule has 0 spiro atoms. The van der Waals surface area contributed by atoms with E-state index in [4.69, 9.17) is 9.47 Å². The second-order valence-corrected chi connectivity index (χ2v) is 11.0. The van der Waals surface area contributed by atoms with Gasteiger partial charge in [0, 0.05) is 13.3 Å². The van der Waals surface area contributed by atoms with Crippen molar-refractivity contribution >= 4 is 24.7 Å². The Hall–Kier alpha value is -0.483. The average Bonchev–Trinajstić information content (AvgIpc) is 2.26. The maximum absolute atomic E-state index is 6.01. The van der Waals surface area contributed by atoms with Gasteiger partial charge >= 0.3 is 0 Å². The SMILES string of the molecule is CC(C)Oc1cc(Br)ccc1OCC(C)(C)[SiH](C)C. The summed E-state index contributed by atoms with van der Waals surface area (Å²) in [5, 5.41) is 0.280. The molecule has 0 saturated carbocycles. The second kappa shape index (κ2) is 6.80. The van der Waals surface area contributed by atoms with Gasteiger partial charge in [-0.1, -0.05) is 42.9 Å². The molecule has 0 amide bonds. The van der Waals surface area contributed by atoms with Crippen molar-refractivity contribution in [2.45, 2.75) is 51.9 Å². The van der Waals surface area contributed by atoms with Crippen LogP contribution in [0.1, 0.15) is 27.7 Å². The van der Waals surface area contributed by atoms with Gasteiger partial charge in [-0.15, -0.1) is 0 Å². The molecule has 19 heavy (non-hydrogen) atoms. The second-order valence-electron chi connectivity index (χ2n) is 6.19. The highest BCUT2D eigenvalue weighted by molar-refractivity contribution is 9.10. The van der Waals surface area contributed by atoms with Crippen molar-refractivity contribution in [3.8, 4) is 11.5 Å². The Morgan fingerprint density at radius 1 is 1.21 bits per heavy atom. The molecule has 1 aromatic rings. The standard InChI is InChI=1S/C15H25BrO2Si/c1-11(2)18-14-9-12(16)7-8-13(14)17-10-15(3,4)19(5)6/h7-9,11,19H,10H2,1-6H3. The Kier molecular flexibility index (Phi) is 5.93. The van der Waals surface area contributed by atoms with Crippen LogP contribution in [0.5, 0.6) is 11.5 Å². The third-order valence-corrected chi connectivity index (χ3v) is 7.22. The van der Waals surface area contributed by atoms with Crippen LogP contribution in [0.25, 0.3) is 0 Å². The normalized spacial score (nSPS) is 12.1. The van der Waals surface area contributed by atoms with Crippen LogP contribution in [-0.2, 0) is 0 Å². The van der Waals surface area contributed by atoms with Gasteiger partial charge in [0.15, 0.2) is 11.5 Å². The number of benzene rings is 1. The lowest BCUT2D eigenvalue weighted by Gasteiger charge is -2.28. The predicted octanol–water partition coefficient (Wildman–Crippen LogP) is 4.88. The molecule has 4 heteroatoms. The number of hydrogen-bond acceptors (Lipinski definition) is 2. The number of ether oxygens (including phenoxy) is 2. The zero-order valence-corrected chi connectivity index (χ0v) is 15.5. The van der Waals surface area contributed by atoms with Gasteiger partial charge in [0.2, 0.25) is 0 Å². The fraction of sp³-hybridized carbons (Fsp3) is 0.600. The van der Waals surface area contributed by atoms with Crippen LogP contribution in [0.3, 0.4) is 0 Å². The summed E-state index contributed by atoms with van der Waals surface area (Å²) in [4.78, 5) is 0. The smallest absolute Gasteiger partial charge is 0.162 e. The van der Waals surface area contributed by atoms with Gasteiger partial charge in [0.05, 0.1) is 12.7 Å². The van der Waals surface area contributed by atoms with Gasteiger partial charge in [-0.05, 0) is 37.1 Å². The van der Waals surface area contributed by atoms with Gasteiger partial charge in [0.25, 0.3) is 0 Å². The molecular weight excluding hydrogens is 320 g/mol. The Morgan fingerprint density at radius 3 is 2.37 bits per heavy atom. The molecule has 1 rings (SSSR count). The van der Waals surface area contributed by atoms with E-state index in [1.165, 1.54) is 0 Å². The first kappa shape index (κ1) is 16.6. The minimum Gasteiger partial charge on any atom is -0.489 e. The van der Waals surface area contributed by atoms with E-state index in [0.717, 1.165) is 22.6 Å². The molecule has 108 valence electrons. The van der Waals surface area contributed by atoms with Crippen molar-refractivity contribution in [2.75, 3.05) is 6.61 Å². The lowest BCUT2D eigenvalue weighted by Crippen LogP contribution is -2.27. The average molecular weight is 345 g/mol. The summed E-state index contributed by atoms with van der Waals surface area (Å²) in [6.45, 7) is 14.1. The van der Waals surface area contributed by atoms with Crippen LogP contribution >= 0.6 is 15.9 Å². The zero-order valence-electron chi connectivity index (χ0n) is 12.8. The van der Waals surface area contributed by atoms with E-state index in [0.29, 0.717) is 0 Å². The van der Waals surface area contributed by atoms with Gasteiger partial charge in [-0.25, -0.2) is 0 Å². The highest BCUT2D eigenvalue weighted by Gasteiger charge is 2.25. The molecular formula is C15H25BrO2Si. The summed E-state index contributed by atoms with van der Waals surface area (Å²) < 4.78 is 12.8. The van der Waals surface area contributed by atoms with E-state index in [-0.39, 0.29) is 11.1 Å². The minimum absolute atomic E-state index is 0.143. The first-order chi connectivity index (χ1) is 8.72. The maximum atomic E-state index is 6.01. The molecule has 2 nitrogen and oxygen atoms in total. The van der Waals surface area contributed by atoms with E-state index in [2.05, 4.69) is 42.9 Å². The molecule has 0 unspecified atom stereocenters. The van der Waals surface area contributed by atoms with Crippen LogP contribution in [0, 0.1) is 0 Å². The molecule has 0 fully saturated rings. The quantitative estimate of drug-likeness (QED) is 0.684. The molecule has 0 aromatic heterocycles. The molecule has 0 bridgehead atoms. The van der Waals surface area contributed by atoms with Crippen molar-refractivity contribution < 1.29 is 9.47 Å². The van der Waals surface area contributed by atoms with E-state index in [1.54, 1.807) is 0 Å². The van der Waals surface area contributed by atoms with E-state index in [1.807, 2.05) is 32.0 Å². The van der Waals surface area contributed by atoms with Crippen molar-refractivity contribution in [3.63, 3.8) is 0 Å². The lowest BCUT2D eigenvalue weighted by molar-refractivity contribution is 0.213. The lowest BCUT2D eigenvalue weighted by atomic mass is 10.2. The molecule has 0 heterocycles. The number of rotatable bonds is 6. The Labute approximate surface area is 127 Å². The summed E-state index contributed by atoms with van der Waals surface area (Å²) in [5.74, 6) is 1.64. The fourth-order valence-corrected chi connectivity index (χ4v) is 2.13. The predicted molar refractivity (Wildman–Crippen MR) is 88.3 cm³/mol. The zero-order chi connectivity index (χ0) is 14.6. The molecule has 1 aromatic carbocycles. The summed E-state index contributed by atoms with van der Waals surface area (Å²) in [7, 11) is -0.750. The summed E-state index contributed by atoms with van der Waals surface area (Å²) in [6.07, 6.45) is 0.143. The molecule has 0 aliphatic rings. The van der Waals surface area contributed by atoms with Crippen LogP contribution in [0.15, 0.2) is 22.7 Å². The summed E-state index contributed by atoms with van der Waals surface area (Å²) in [5.41, 5.74) is 0. The van der Waals surface area contributed by atoms with E-state index < -0.39 is 8.80 Å². The molecule has 0 aliphatic heterocycles. The van der Waals surface area contributed by atoms with Crippen LogP contribution in [-0.4, -0.2) is 21.5 Å². The highest BCUT2D eigenvalue weighted by atomic mass is 79.9. The molecule has 0 atom stereocenters. The topological polar surface area (TPSA) is 18.5 Å². The Balaban J connectivity index is 2.83. The van der Waals surface area contributed by atoms with Crippen molar-refractivity contribution in [2.24, 2.45) is 0 Å². The third kappa shape index (κ3) is 5.19. The van der Waals surface area contributed by atoms with Crippen molar-refractivity contribution in [3.05, 3.63) is 22.7 Å². The fourth-order valence-electron chi connectivity index (χ4n) is 1.38. The molecule has 0 radical (unpaired) electrons. The molecule has 0 N–H and O–H groups in total. The Bertz CT molecular complexity index is 417. The molecule has 0 aliphatic carbocycles. The first-order valence-corrected chi connectivity index (χ1v) is 10.5. The van der Waals surface area contributed by atoms with E-state index in [9.17, 15) is 0 Å². The third-order valence-electron chi connectivity index (χ3n) is 3.43. The van der Waals surface area contributed by atoms with Gasteiger partial charge in [-0.2, -0.15) is 0 Å². The van der Waals surface area contributed by atoms with Gasteiger partial charge in [0.1, 0.15) is 0 Å².